The van der Waals surface area contributed by atoms with Gasteiger partial charge < -0.3 is 10.4 Å². The summed E-state index contributed by atoms with van der Waals surface area (Å²) in [5.74, 6) is -0.608. The third-order valence-electron chi connectivity index (χ3n) is 3.39. The highest BCUT2D eigenvalue weighted by Crippen LogP contribution is 2.25. The SMILES string of the molecule is CC(C)C(C)(C)CNC(=O)Nc1sccc1C(=O)O. The molecule has 0 aliphatic rings. The molecule has 0 bridgehead atoms. The summed E-state index contributed by atoms with van der Waals surface area (Å²) < 4.78 is 0. The maximum absolute atomic E-state index is 11.7. The van der Waals surface area contributed by atoms with E-state index in [-0.39, 0.29) is 17.0 Å². The van der Waals surface area contributed by atoms with Gasteiger partial charge in [-0.25, -0.2) is 9.59 Å². The van der Waals surface area contributed by atoms with Crippen molar-refractivity contribution < 1.29 is 14.7 Å². The van der Waals surface area contributed by atoms with Crippen molar-refractivity contribution in [3.8, 4) is 0 Å². The molecule has 1 aromatic rings. The molecule has 0 saturated heterocycles. The number of nitrogens with one attached hydrogen (secondary N) is 2. The lowest BCUT2D eigenvalue weighted by molar-refractivity contribution is 0.0698. The van der Waals surface area contributed by atoms with Gasteiger partial charge in [0.2, 0.25) is 0 Å². The Bertz CT molecular complexity index is 466. The summed E-state index contributed by atoms with van der Waals surface area (Å²) in [7, 11) is 0. The van der Waals surface area contributed by atoms with Crippen molar-refractivity contribution in [1.82, 2.24) is 5.32 Å². The van der Waals surface area contributed by atoms with Crippen molar-refractivity contribution in [3.63, 3.8) is 0 Å². The van der Waals surface area contributed by atoms with Gasteiger partial charge in [-0.3, -0.25) is 5.32 Å². The first kappa shape index (κ1) is 15.5. The average Bonchev–Trinajstić information content (AvgIpc) is 2.74. The molecule has 1 aromatic heterocycles. The molecule has 106 valence electrons. The van der Waals surface area contributed by atoms with Crippen LogP contribution in [0.4, 0.5) is 9.80 Å². The van der Waals surface area contributed by atoms with Gasteiger partial charge in [-0.15, -0.1) is 11.3 Å². The van der Waals surface area contributed by atoms with Gasteiger partial charge in [0.05, 0.1) is 5.56 Å². The lowest BCUT2D eigenvalue weighted by Gasteiger charge is -2.29. The van der Waals surface area contributed by atoms with E-state index in [0.717, 1.165) is 0 Å². The molecule has 0 aromatic carbocycles. The van der Waals surface area contributed by atoms with Crippen LogP contribution in [-0.4, -0.2) is 23.7 Å². The van der Waals surface area contributed by atoms with Gasteiger partial charge in [0.15, 0.2) is 0 Å². The van der Waals surface area contributed by atoms with Crippen molar-refractivity contribution in [2.45, 2.75) is 27.7 Å². The van der Waals surface area contributed by atoms with E-state index in [9.17, 15) is 9.59 Å². The standard InChI is InChI=1S/C13H20N2O3S/c1-8(2)13(3,4)7-14-12(18)15-10-9(11(16)17)5-6-19-10/h5-6,8H,7H2,1-4H3,(H,16,17)(H2,14,15,18). The molecular weight excluding hydrogens is 264 g/mol. The van der Waals surface area contributed by atoms with Crippen LogP contribution in [0.1, 0.15) is 38.1 Å². The molecule has 0 aliphatic carbocycles. The smallest absolute Gasteiger partial charge is 0.338 e. The van der Waals surface area contributed by atoms with Crippen molar-refractivity contribution >= 4 is 28.3 Å². The van der Waals surface area contributed by atoms with E-state index in [1.165, 1.54) is 17.4 Å². The summed E-state index contributed by atoms with van der Waals surface area (Å²) >= 11 is 1.19. The number of amides is 2. The Labute approximate surface area is 117 Å². The predicted octanol–water partition coefficient (Wildman–Crippen LogP) is 3.25. The zero-order chi connectivity index (χ0) is 14.6. The Morgan fingerprint density at radius 2 is 2.05 bits per heavy atom. The Morgan fingerprint density at radius 3 is 2.58 bits per heavy atom. The molecule has 0 unspecified atom stereocenters. The molecule has 0 atom stereocenters. The number of hydrogen-bond donors (Lipinski definition) is 3. The summed E-state index contributed by atoms with van der Waals surface area (Å²) in [4.78, 5) is 22.7. The minimum atomic E-state index is -1.04. The second-order valence-electron chi connectivity index (χ2n) is 5.42. The number of rotatable bonds is 5. The van der Waals surface area contributed by atoms with Gasteiger partial charge in [-0.2, -0.15) is 0 Å². The highest BCUT2D eigenvalue weighted by molar-refractivity contribution is 7.14. The number of carboxylic acid groups (broad SMARTS) is 1. The van der Waals surface area contributed by atoms with Crippen LogP contribution >= 0.6 is 11.3 Å². The van der Waals surface area contributed by atoms with Gasteiger partial charge in [-0.05, 0) is 22.8 Å². The van der Waals surface area contributed by atoms with E-state index in [4.69, 9.17) is 5.11 Å². The van der Waals surface area contributed by atoms with E-state index in [1.807, 2.05) is 0 Å². The van der Waals surface area contributed by atoms with Crippen LogP contribution in [0.5, 0.6) is 0 Å². The van der Waals surface area contributed by atoms with Crippen LogP contribution in [0.3, 0.4) is 0 Å². The zero-order valence-electron chi connectivity index (χ0n) is 11.6. The molecule has 0 saturated carbocycles. The normalized spacial score (nSPS) is 11.4. The minimum absolute atomic E-state index is 0.0115. The number of thiophene rings is 1. The number of carbonyl (C=O) groups excluding carboxylic acids is 1. The molecule has 0 fully saturated rings. The average molecular weight is 284 g/mol. The molecule has 1 heterocycles. The number of anilines is 1. The molecular formula is C13H20N2O3S. The number of urea groups is 1. The van der Waals surface area contributed by atoms with Crippen LogP contribution in [0.25, 0.3) is 0 Å². The molecule has 3 N–H and O–H groups in total. The summed E-state index contributed by atoms with van der Waals surface area (Å²) in [6.07, 6.45) is 0. The van der Waals surface area contributed by atoms with Crippen LogP contribution in [0.2, 0.25) is 0 Å². The Balaban J connectivity index is 2.57. The third kappa shape index (κ3) is 4.24. The van der Waals surface area contributed by atoms with Gasteiger partial charge in [-0.1, -0.05) is 27.7 Å². The molecule has 19 heavy (non-hydrogen) atoms. The lowest BCUT2D eigenvalue weighted by atomic mass is 9.81. The molecule has 0 aliphatic heterocycles. The Hall–Kier alpha value is -1.56. The van der Waals surface area contributed by atoms with Crippen molar-refractivity contribution in [2.75, 3.05) is 11.9 Å². The van der Waals surface area contributed by atoms with Crippen LogP contribution in [0, 0.1) is 11.3 Å². The van der Waals surface area contributed by atoms with E-state index in [0.29, 0.717) is 17.5 Å². The van der Waals surface area contributed by atoms with Gasteiger partial charge in [0, 0.05) is 6.54 Å². The largest absolute Gasteiger partial charge is 0.478 e. The first-order valence-corrected chi connectivity index (χ1v) is 6.97. The first-order chi connectivity index (χ1) is 8.74. The summed E-state index contributed by atoms with van der Waals surface area (Å²) in [6, 6.07) is 1.10. The number of carbonyl (C=O) groups is 2. The predicted molar refractivity (Wildman–Crippen MR) is 76.9 cm³/mol. The van der Waals surface area contributed by atoms with Gasteiger partial charge >= 0.3 is 12.0 Å². The maximum atomic E-state index is 11.7. The van der Waals surface area contributed by atoms with Crippen LogP contribution in [-0.2, 0) is 0 Å². The quantitative estimate of drug-likeness (QED) is 0.776. The van der Waals surface area contributed by atoms with E-state index in [2.05, 4.69) is 38.3 Å². The number of hydrogen-bond acceptors (Lipinski definition) is 3. The maximum Gasteiger partial charge on any atom is 0.338 e. The van der Waals surface area contributed by atoms with Gasteiger partial charge in [0.1, 0.15) is 5.00 Å². The fourth-order valence-corrected chi connectivity index (χ4v) is 2.01. The molecule has 2 amide bonds. The second-order valence-corrected chi connectivity index (χ2v) is 6.34. The van der Waals surface area contributed by atoms with Crippen LogP contribution in [0.15, 0.2) is 11.4 Å². The second kappa shape index (κ2) is 6.06. The highest BCUT2D eigenvalue weighted by atomic mass is 32.1. The zero-order valence-corrected chi connectivity index (χ0v) is 12.4. The summed E-state index contributed by atoms with van der Waals surface area (Å²) in [5, 5.41) is 16.3. The van der Waals surface area contributed by atoms with E-state index >= 15 is 0 Å². The summed E-state index contributed by atoms with van der Waals surface area (Å²) in [6.45, 7) is 8.88. The van der Waals surface area contributed by atoms with E-state index < -0.39 is 5.97 Å². The number of carboxylic acids is 1. The molecule has 5 nitrogen and oxygen atoms in total. The lowest BCUT2D eigenvalue weighted by Crippen LogP contribution is -2.39. The van der Waals surface area contributed by atoms with Crippen molar-refractivity contribution in [1.29, 1.82) is 0 Å². The fourth-order valence-electron chi connectivity index (χ4n) is 1.23. The Morgan fingerprint density at radius 1 is 1.42 bits per heavy atom. The minimum Gasteiger partial charge on any atom is -0.478 e. The molecule has 1 rings (SSSR count). The topological polar surface area (TPSA) is 78.4 Å². The number of aromatic carboxylic acids is 1. The molecule has 0 radical (unpaired) electrons. The fraction of sp³-hybridized carbons (Fsp3) is 0.538. The van der Waals surface area contributed by atoms with Crippen molar-refractivity contribution in [2.24, 2.45) is 11.3 Å². The summed E-state index contributed by atoms with van der Waals surface area (Å²) in [5.41, 5.74) is 0.103. The molecule has 0 spiro atoms. The molecule has 6 heteroatoms. The highest BCUT2D eigenvalue weighted by Gasteiger charge is 2.23. The third-order valence-corrected chi connectivity index (χ3v) is 4.22. The first-order valence-electron chi connectivity index (χ1n) is 6.09. The van der Waals surface area contributed by atoms with Gasteiger partial charge in [0.25, 0.3) is 0 Å². The monoisotopic (exact) mass is 284 g/mol. The Kier molecular flexibility index (Phi) is 4.94. The van der Waals surface area contributed by atoms with E-state index in [1.54, 1.807) is 5.38 Å². The van der Waals surface area contributed by atoms with Crippen molar-refractivity contribution in [3.05, 3.63) is 17.0 Å². The van der Waals surface area contributed by atoms with Crippen LogP contribution < -0.4 is 10.6 Å².